The second kappa shape index (κ2) is 7.69. The molecular formula is C19H17NO6. The molecule has 0 atom stereocenters. The van der Waals surface area contributed by atoms with Crippen molar-refractivity contribution in [3.05, 3.63) is 54.1 Å². The molecule has 0 spiro atoms. The van der Waals surface area contributed by atoms with Gasteiger partial charge in [0.25, 0.3) is 0 Å². The van der Waals surface area contributed by atoms with E-state index in [2.05, 4.69) is 5.32 Å². The Hall–Kier alpha value is -3.35. The highest BCUT2D eigenvalue weighted by atomic mass is 16.7. The van der Waals surface area contributed by atoms with Crippen molar-refractivity contribution in [1.82, 2.24) is 5.32 Å². The van der Waals surface area contributed by atoms with Crippen molar-refractivity contribution in [1.29, 1.82) is 0 Å². The molecule has 0 saturated carbocycles. The molecule has 7 heteroatoms. The number of carbonyl (C=O) groups is 3. The lowest BCUT2D eigenvalue weighted by molar-refractivity contribution is -0.185. The molecule has 26 heavy (non-hydrogen) atoms. The van der Waals surface area contributed by atoms with Crippen molar-refractivity contribution < 1.29 is 28.6 Å². The number of fused-ring (bicyclic) bond motifs is 1. The van der Waals surface area contributed by atoms with Crippen molar-refractivity contribution in [2.75, 3.05) is 13.7 Å². The number of rotatable bonds is 5. The van der Waals surface area contributed by atoms with Gasteiger partial charge in [0.1, 0.15) is 5.75 Å². The molecule has 134 valence electrons. The van der Waals surface area contributed by atoms with Crippen LogP contribution in [0.25, 0.3) is 10.8 Å². The molecule has 1 aliphatic rings. The summed E-state index contributed by atoms with van der Waals surface area (Å²) >= 11 is 0. The predicted molar refractivity (Wildman–Crippen MR) is 92.3 cm³/mol. The number of methoxy groups -OCH3 is 1. The largest absolute Gasteiger partial charge is 0.497 e. The number of esters is 2. The summed E-state index contributed by atoms with van der Waals surface area (Å²) in [5.74, 6) is -1.55. The smallest absolute Gasteiger partial charge is 0.334 e. The van der Waals surface area contributed by atoms with Gasteiger partial charge in [-0.05, 0) is 34.9 Å². The third-order valence-corrected chi connectivity index (χ3v) is 3.89. The van der Waals surface area contributed by atoms with E-state index in [0.29, 0.717) is 6.42 Å². The van der Waals surface area contributed by atoms with Gasteiger partial charge < -0.3 is 19.5 Å². The lowest BCUT2D eigenvalue weighted by atomic mass is 10.0. The first kappa shape index (κ1) is 17.5. The van der Waals surface area contributed by atoms with Crippen molar-refractivity contribution in [3.63, 3.8) is 0 Å². The minimum absolute atomic E-state index is 0.286. The quantitative estimate of drug-likeness (QED) is 0.817. The Morgan fingerprint density at radius 1 is 1.12 bits per heavy atom. The fourth-order valence-corrected chi connectivity index (χ4v) is 2.62. The van der Waals surface area contributed by atoms with Crippen molar-refractivity contribution in [2.24, 2.45) is 0 Å². The molecule has 1 aliphatic heterocycles. The molecule has 0 saturated heterocycles. The second-order valence-corrected chi connectivity index (χ2v) is 5.58. The molecular weight excluding hydrogens is 338 g/mol. The van der Waals surface area contributed by atoms with Gasteiger partial charge in [0, 0.05) is 18.7 Å². The maximum absolute atomic E-state index is 12.1. The van der Waals surface area contributed by atoms with E-state index < -0.39 is 24.1 Å². The minimum atomic E-state index is -1.59. The lowest BCUT2D eigenvalue weighted by Gasteiger charge is -2.15. The Balaban J connectivity index is 1.64. The van der Waals surface area contributed by atoms with Crippen LogP contribution >= 0.6 is 0 Å². The molecule has 1 heterocycles. The maximum atomic E-state index is 12.1. The zero-order chi connectivity index (χ0) is 18.5. The molecule has 0 bridgehead atoms. The lowest BCUT2D eigenvalue weighted by Crippen LogP contribution is -2.40. The number of nitrogens with one attached hydrogen (secondary N) is 1. The molecule has 2 aromatic carbocycles. The van der Waals surface area contributed by atoms with Crippen LogP contribution in [0, 0.1) is 0 Å². The van der Waals surface area contributed by atoms with E-state index in [1.165, 1.54) is 0 Å². The summed E-state index contributed by atoms with van der Waals surface area (Å²) in [6.07, 6.45) is 0.791. The van der Waals surface area contributed by atoms with E-state index in [0.717, 1.165) is 34.2 Å². The van der Waals surface area contributed by atoms with Crippen LogP contribution in [0.4, 0.5) is 0 Å². The first-order valence-electron chi connectivity index (χ1n) is 7.99. The first-order chi connectivity index (χ1) is 12.6. The van der Waals surface area contributed by atoms with Crippen LogP contribution in [0.1, 0.15) is 5.56 Å². The number of cyclic esters (lactones) is 2. The van der Waals surface area contributed by atoms with Gasteiger partial charge in [-0.3, -0.25) is 4.79 Å². The highest BCUT2D eigenvalue weighted by Gasteiger charge is 2.27. The Morgan fingerprint density at radius 2 is 1.85 bits per heavy atom. The third kappa shape index (κ3) is 4.00. The number of hydrogen-bond acceptors (Lipinski definition) is 6. The molecule has 2 aromatic rings. The van der Waals surface area contributed by atoms with E-state index in [4.69, 9.17) is 14.2 Å². The number of hydrogen-bond donors (Lipinski definition) is 1. The fourth-order valence-electron chi connectivity index (χ4n) is 2.62. The van der Waals surface area contributed by atoms with Crippen molar-refractivity contribution in [3.8, 4) is 5.75 Å². The maximum Gasteiger partial charge on any atom is 0.334 e. The Labute approximate surface area is 149 Å². The van der Waals surface area contributed by atoms with Gasteiger partial charge in [0.2, 0.25) is 0 Å². The topological polar surface area (TPSA) is 90.9 Å². The summed E-state index contributed by atoms with van der Waals surface area (Å²) in [4.78, 5) is 34.7. The average molecular weight is 355 g/mol. The summed E-state index contributed by atoms with van der Waals surface area (Å²) in [5.41, 5.74) is 1.03. The van der Waals surface area contributed by atoms with Gasteiger partial charge in [-0.15, -0.1) is 0 Å². The van der Waals surface area contributed by atoms with Gasteiger partial charge in [0.15, 0.2) is 0 Å². The number of amides is 1. The predicted octanol–water partition coefficient (Wildman–Crippen LogP) is 1.49. The Kier molecular flexibility index (Phi) is 5.17. The average Bonchev–Trinajstić information content (AvgIpc) is 2.82. The molecule has 0 unspecified atom stereocenters. The van der Waals surface area contributed by atoms with E-state index in [1.807, 2.05) is 36.4 Å². The number of benzene rings is 2. The highest BCUT2D eigenvalue weighted by Crippen LogP contribution is 2.24. The fraction of sp³-hybridized carbons (Fsp3) is 0.211. The zero-order valence-electron chi connectivity index (χ0n) is 14.1. The Bertz CT molecular complexity index is 869. The summed E-state index contributed by atoms with van der Waals surface area (Å²) < 4.78 is 14.8. The first-order valence-corrected chi connectivity index (χ1v) is 7.99. The summed E-state index contributed by atoms with van der Waals surface area (Å²) in [6, 6.07) is 11.7. The van der Waals surface area contributed by atoms with Gasteiger partial charge in [-0.1, -0.05) is 24.3 Å². The molecule has 0 aliphatic carbocycles. The van der Waals surface area contributed by atoms with Crippen LogP contribution in [-0.2, 0) is 30.3 Å². The third-order valence-electron chi connectivity index (χ3n) is 3.89. The minimum Gasteiger partial charge on any atom is -0.497 e. The second-order valence-electron chi connectivity index (χ2n) is 5.58. The monoisotopic (exact) mass is 355 g/mol. The van der Waals surface area contributed by atoms with E-state index in [9.17, 15) is 14.4 Å². The van der Waals surface area contributed by atoms with Crippen molar-refractivity contribution >= 4 is 28.6 Å². The van der Waals surface area contributed by atoms with Crippen LogP contribution < -0.4 is 10.1 Å². The van der Waals surface area contributed by atoms with Gasteiger partial charge >= 0.3 is 24.1 Å². The van der Waals surface area contributed by atoms with Gasteiger partial charge in [-0.2, -0.15) is 0 Å². The van der Waals surface area contributed by atoms with Gasteiger partial charge in [0.05, 0.1) is 7.11 Å². The summed E-state index contributed by atoms with van der Waals surface area (Å²) in [6.45, 7) is 0.286. The van der Waals surface area contributed by atoms with Crippen LogP contribution in [-0.4, -0.2) is 37.8 Å². The van der Waals surface area contributed by atoms with E-state index >= 15 is 0 Å². The van der Waals surface area contributed by atoms with Crippen LogP contribution in [0.5, 0.6) is 5.75 Å². The molecule has 0 radical (unpaired) electrons. The molecule has 7 nitrogen and oxygen atoms in total. The summed E-state index contributed by atoms with van der Waals surface area (Å²) in [5, 5.41) is 4.70. The van der Waals surface area contributed by atoms with Crippen LogP contribution in [0.3, 0.4) is 0 Å². The van der Waals surface area contributed by atoms with Crippen molar-refractivity contribution in [2.45, 2.75) is 12.7 Å². The summed E-state index contributed by atoms with van der Waals surface area (Å²) in [7, 11) is 1.61. The SMILES string of the molecule is COc1ccc2cccc(CCNC(=O)C3OC(=O)C=CC(=O)O3)c2c1. The normalized spacial score (nSPS) is 14.5. The van der Waals surface area contributed by atoms with E-state index in [1.54, 1.807) is 7.11 Å². The molecule has 0 aromatic heterocycles. The highest BCUT2D eigenvalue weighted by molar-refractivity contribution is 5.96. The van der Waals surface area contributed by atoms with Gasteiger partial charge in [-0.25, -0.2) is 9.59 Å². The van der Waals surface area contributed by atoms with Crippen LogP contribution in [0.15, 0.2) is 48.6 Å². The van der Waals surface area contributed by atoms with Crippen LogP contribution in [0.2, 0.25) is 0 Å². The molecule has 0 fully saturated rings. The molecule has 1 amide bonds. The zero-order valence-corrected chi connectivity index (χ0v) is 14.1. The standard InChI is InChI=1S/C19H17NO6/c1-24-14-6-5-12-3-2-4-13(15(12)11-14)9-10-20-18(23)19-25-16(21)7-8-17(22)26-19/h2-8,11,19H,9-10H2,1H3,(H,20,23). The Morgan fingerprint density at radius 3 is 2.54 bits per heavy atom. The van der Waals surface area contributed by atoms with E-state index in [-0.39, 0.29) is 6.54 Å². The molecule has 3 rings (SSSR count). The number of carbonyl (C=O) groups excluding carboxylic acids is 3. The number of ether oxygens (including phenoxy) is 3. The molecule has 1 N–H and O–H groups in total.